The number of rotatable bonds is 2. The minimum absolute atomic E-state index is 0.0448. The molecule has 110 valence electrons. The number of aromatic amines is 1. The fourth-order valence-corrected chi connectivity index (χ4v) is 3.96. The van der Waals surface area contributed by atoms with Crippen molar-refractivity contribution < 1.29 is 0 Å². The van der Waals surface area contributed by atoms with Crippen molar-refractivity contribution >= 4 is 10.9 Å². The quantitative estimate of drug-likeness (QED) is 0.873. The standard InChI is InChI=1S/C16H20N4O/c17-10-7-11-5-6-12(8-10)20(11)9-15-18-14-4-2-1-3-13(14)16(21)19-15/h1-4,10-12H,5-9,17H2,(H,18,19,21). The Hall–Kier alpha value is -1.72. The number of fused-ring (bicyclic) bond motifs is 3. The van der Waals surface area contributed by atoms with Crippen LogP contribution in [0.15, 0.2) is 29.1 Å². The molecule has 0 spiro atoms. The van der Waals surface area contributed by atoms with Crippen molar-refractivity contribution in [2.24, 2.45) is 5.73 Å². The molecule has 0 radical (unpaired) electrons. The molecule has 5 nitrogen and oxygen atoms in total. The lowest BCUT2D eigenvalue weighted by atomic mass is 9.98. The Kier molecular flexibility index (Phi) is 3.05. The van der Waals surface area contributed by atoms with E-state index in [1.807, 2.05) is 24.3 Å². The lowest BCUT2D eigenvalue weighted by molar-refractivity contribution is 0.116. The van der Waals surface area contributed by atoms with Crippen LogP contribution < -0.4 is 11.3 Å². The van der Waals surface area contributed by atoms with Gasteiger partial charge < -0.3 is 10.7 Å². The second-order valence-corrected chi connectivity index (χ2v) is 6.32. The van der Waals surface area contributed by atoms with Crippen LogP contribution in [0.3, 0.4) is 0 Å². The molecule has 2 aromatic rings. The fraction of sp³-hybridized carbons (Fsp3) is 0.500. The largest absolute Gasteiger partial charge is 0.328 e. The number of hydrogen-bond acceptors (Lipinski definition) is 4. The van der Waals surface area contributed by atoms with Crippen LogP contribution in [-0.2, 0) is 6.54 Å². The van der Waals surface area contributed by atoms with E-state index < -0.39 is 0 Å². The summed E-state index contributed by atoms with van der Waals surface area (Å²) < 4.78 is 0. The molecule has 2 bridgehead atoms. The molecule has 2 aliphatic heterocycles. The van der Waals surface area contributed by atoms with E-state index in [-0.39, 0.29) is 5.56 Å². The van der Waals surface area contributed by atoms with E-state index in [2.05, 4.69) is 14.9 Å². The van der Waals surface area contributed by atoms with E-state index in [0.717, 1.165) is 30.7 Å². The fourth-order valence-electron chi connectivity index (χ4n) is 3.96. The van der Waals surface area contributed by atoms with Gasteiger partial charge in [0, 0.05) is 18.1 Å². The summed E-state index contributed by atoms with van der Waals surface area (Å²) in [6.45, 7) is 0.724. The number of nitrogens with zero attached hydrogens (tertiary/aromatic N) is 2. The molecule has 2 atom stereocenters. The SMILES string of the molecule is NC1CC2CCC(C1)N2Cc1nc2ccccc2c(=O)[nH]1. The zero-order chi connectivity index (χ0) is 14.4. The number of nitrogens with two attached hydrogens (primary N) is 1. The number of H-pyrrole nitrogens is 1. The predicted octanol–water partition coefficient (Wildman–Crippen LogP) is 1.38. The van der Waals surface area contributed by atoms with Crippen molar-refractivity contribution in [1.82, 2.24) is 14.9 Å². The van der Waals surface area contributed by atoms with Gasteiger partial charge in [-0.2, -0.15) is 0 Å². The highest BCUT2D eigenvalue weighted by atomic mass is 16.1. The number of hydrogen-bond donors (Lipinski definition) is 2. The maximum Gasteiger partial charge on any atom is 0.258 e. The molecule has 4 rings (SSSR count). The molecule has 2 saturated heterocycles. The molecule has 3 N–H and O–H groups in total. The lowest BCUT2D eigenvalue weighted by Crippen LogP contribution is -2.47. The zero-order valence-electron chi connectivity index (χ0n) is 12.0. The molecule has 1 aromatic heterocycles. The summed E-state index contributed by atoms with van der Waals surface area (Å²) >= 11 is 0. The minimum Gasteiger partial charge on any atom is -0.328 e. The van der Waals surface area contributed by atoms with Gasteiger partial charge in [0.25, 0.3) is 5.56 Å². The maximum atomic E-state index is 12.1. The molecule has 0 amide bonds. The van der Waals surface area contributed by atoms with E-state index in [0.29, 0.717) is 23.5 Å². The molecule has 0 aliphatic carbocycles. The monoisotopic (exact) mass is 284 g/mol. The summed E-state index contributed by atoms with van der Waals surface area (Å²) in [7, 11) is 0. The van der Waals surface area contributed by atoms with Crippen LogP contribution in [0, 0.1) is 0 Å². The Balaban J connectivity index is 1.65. The molecule has 2 unspecified atom stereocenters. The highest BCUT2D eigenvalue weighted by molar-refractivity contribution is 5.77. The molecule has 0 saturated carbocycles. The normalized spacial score (nSPS) is 29.1. The first-order valence-corrected chi connectivity index (χ1v) is 7.70. The molecular formula is C16H20N4O. The van der Waals surface area contributed by atoms with Crippen molar-refractivity contribution in [2.45, 2.75) is 50.4 Å². The Bertz CT molecular complexity index is 712. The first kappa shape index (κ1) is 13.0. The molecule has 1 aromatic carbocycles. The zero-order valence-corrected chi connectivity index (χ0v) is 12.0. The summed E-state index contributed by atoms with van der Waals surface area (Å²) in [6.07, 6.45) is 4.56. The van der Waals surface area contributed by atoms with Crippen LogP contribution in [0.25, 0.3) is 10.9 Å². The average Bonchev–Trinajstić information content (AvgIpc) is 2.70. The van der Waals surface area contributed by atoms with E-state index in [4.69, 9.17) is 5.73 Å². The number of nitrogens with one attached hydrogen (secondary N) is 1. The van der Waals surface area contributed by atoms with Crippen LogP contribution in [0.4, 0.5) is 0 Å². The number of para-hydroxylation sites is 1. The average molecular weight is 284 g/mol. The van der Waals surface area contributed by atoms with Crippen LogP contribution in [0.1, 0.15) is 31.5 Å². The van der Waals surface area contributed by atoms with E-state index >= 15 is 0 Å². The highest BCUT2D eigenvalue weighted by Crippen LogP contribution is 2.35. The van der Waals surface area contributed by atoms with E-state index in [1.165, 1.54) is 12.8 Å². The van der Waals surface area contributed by atoms with Gasteiger partial charge in [0.1, 0.15) is 5.82 Å². The third kappa shape index (κ3) is 2.26. The van der Waals surface area contributed by atoms with Gasteiger partial charge >= 0.3 is 0 Å². The summed E-state index contributed by atoms with van der Waals surface area (Å²) in [4.78, 5) is 22.2. The highest BCUT2D eigenvalue weighted by Gasteiger charge is 2.39. The van der Waals surface area contributed by atoms with Crippen molar-refractivity contribution in [3.63, 3.8) is 0 Å². The topological polar surface area (TPSA) is 75.0 Å². The molecule has 5 heteroatoms. The van der Waals surface area contributed by atoms with Gasteiger partial charge in [-0.15, -0.1) is 0 Å². The second kappa shape index (κ2) is 4.93. The Labute approximate surface area is 123 Å². The molecule has 2 aliphatic rings. The summed E-state index contributed by atoms with van der Waals surface area (Å²) in [5.41, 5.74) is 6.84. The maximum absolute atomic E-state index is 12.1. The Morgan fingerprint density at radius 3 is 2.71 bits per heavy atom. The van der Waals surface area contributed by atoms with E-state index in [1.54, 1.807) is 0 Å². The van der Waals surface area contributed by atoms with Crippen LogP contribution in [0.5, 0.6) is 0 Å². The molecule has 2 fully saturated rings. The number of piperidine rings is 1. The molecule has 21 heavy (non-hydrogen) atoms. The Morgan fingerprint density at radius 1 is 1.24 bits per heavy atom. The third-order valence-corrected chi connectivity index (χ3v) is 4.92. The van der Waals surface area contributed by atoms with Gasteiger partial charge in [0.15, 0.2) is 0 Å². The van der Waals surface area contributed by atoms with Crippen molar-refractivity contribution in [3.05, 3.63) is 40.4 Å². The second-order valence-electron chi connectivity index (χ2n) is 6.32. The van der Waals surface area contributed by atoms with Crippen LogP contribution in [-0.4, -0.2) is 33.0 Å². The van der Waals surface area contributed by atoms with Gasteiger partial charge in [-0.05, 0) is 37.8 Å². The predicted molar refractivity (Wildman–Crippen MR) is 81.9 cm³/mol. The molecule has 3 heterocycles. The van der Waals surface area contributed by atoms with Crippen LogP contribution >= 0.6 is 0 Å². The summed E-state index contributed by atoms with van der Waals surface area (Å²) in [6, 6.07) is 8.94. The van der Waals surface area contributed by atoms with E-state index in [9.17, 15) is 4.79 Å². The Morgan fingerprint density at radius 2 is 1.95 bits per heavy atom. The molecular weight excluding hydrogens is 264 g/mol. The van der Waals surface area contributed by atoms with Gasteiger partial charge in [-0.1, -0.05) is 12.1 Å². The lowest BCUT2D eigenvalue weighted by Gasteiger charge is -2.37. The van der Waals surface area contributed by atoms with Crippen molar-refractivity contribution in [3.8, 4) is 0 Å². The minimum atomic E-state index is -0.0448. The number of aromatic nitrogens is 2. The number of benzene rings is 1. The van der Waals surface area contributed by atoms with Crippen molar-refractivity contribution in [2.75, 3.05) is 0 Å². The van der Waals surface area contributed by atoms with Crippen LogP contribution in [0.2, 0.25) is 0 Å². The third-order valence-electron chi connectivity index (χ3n) is 4.92. The van der Waals surface area contributed by atoms with Gasteiger partial charge in [-0.3, -0.25) is 9.69 Å². The van der Waals surface area contributed by atoms with Gasteiger partial charge in [0.2, 0.25) is 0 Å². The summed E-state index contributed by atoms with van der Waals surface area (Å²) in [5, 5.41) is 0.657. The van der Waals surface area contributed by atoms with Crippen molar-refractivity contribution in [1.29, 1.82) is 0 Å². The van der Waals surface area contributed by atoms with Gasteiger partial charge in [0.05, 0.1) is 17.4 Å². The first-order valence-electron chi connectivity index (χ1n) is 7.70. The first-order chi connectivity index (χ1) is 10.2. The summed E-state index contributed by atoms with van der Waals surface area (Å²) in [5.74, 6) is 0.770. The van der Waals surface area contributed by atoms with Gasteiger partial charge in [-0.25, -0.2) is 4.98 Å². The smallest absolute Gasteiger partial charge is 0.258 e.